The van der Waals surface area contributed by atoms with Crippen LogP contribution in [-0.2, 0) is 10.0 Å². The molecule has 0 saturated heterocycles. The van der Waals surface area contributed by atoms with Crippen LogP contribution >= 0.6 is 11.6 Å². The molecule has 0 aliphatic heterocycles. The van der Waals surface area contributed by atoms with Crippen molar-refractivity contribution in [1.82, 2.24) is 0 Å². The molecule has 0 atom stereocenters. The fraction of sp³-hybridized carbons (Fsp3) is 0.0952. The van der Waals surface area contributed by atoms with Crippen molar-refractivity contribution in [3.05, 3.63) is 87.4 Å². The van der Waals surface area contributed by atoms with Crippen molar-refractivity contribution >= 4 is 44.4 Å². The van der Waals surface area contributed by atoms with Gasteiger partial charge >= 0.3 is 0 Å². The molecular formula is C21H19ClN4O5S. The normalized spacial score (nSPS) is 11.7. The highest BCUT2D eigenvalue weighted by Crippen LogP contribution is 2.29. The number of ether oxygens (including phenoxy) is 1. The Bertz CT molecular complexity index is 1280. The van der Waals surface area contributed by atoms with Crippen LogP contribution in [0.4, 0.5) is 17.1 Å². The van der Waals surface area contributed by atoms with Gasteiger partial charge in [0, 0.05) is 28.4 Å². The molecule has 11 heteroatoms. The molecule has 0 unspecified atom stereocenters. The van der Waals surface area contributed by atoms with E-state index in [0.29, 0.717) is 16.5 Å². The number of nitrogens with one attached hydrogen (secondary N) is 2. The molecule has 0 saturated carbocycles. The predicted molar refractivity (Wildman–Crippen MR) is 124 cm³/mol. The van der Waals surface area contributed by atoms with Gasteiger partial charge in [-0.1, -0.05) is 23.7 Å². The van der Waals surface area contributed by atoms with Crippen LogP contribution in [0, 0.1) is 10.1 Å². The van der Waals surface area contributed by atoms with Gasteiger partial charge in [0.2, 0.25) is 0 Å². The lowest BCUT2D eigenvalue weighted by Crippen LogP contribution is -2.15. The predicted octanol–water partition coefficient (Wildman–Crippen LogP) is 4.89. The number of nitrogens with zero attached hydrogens (tertiary/aromatic N) is 2. The Morgan fingerprint density at radius 1 is 1.09 bits per heavy atom. The van der Waals surface area contributed by atoms with Crippen LogP contribution in [0.25, 0.3) is 0 Å². The molecule has 32 heavy (non-hydrogen) atoms. The molecule has 0 aliphatic rings. The van der Waals surface area contributed by atoms with E-state index in [9.17, 15) is 18.5 Å². The number of benzene rings is 3. The lowest BCUT2D eigenvalue weighted by molar-refractivity contribution is -0.385. The van der Waals surface area contributed by atoms with E-state index in [1.165, 1.54) is 36.4 Å². The molecule has 3 aromatic carbocycles. The SMILES string of the molecule is COc1cccc(/C(C)=N\Nc2ccc([N+](=O)[O-])cc2S(=O)(=O)Nc2ccc(Cl)cc2)c1. The van der Waals surface area contributed by atoms with E-state index in [4.69, 9.17) is 16.3 Å². The maximum atomic E-state index is 13.0. The number of sulfonamides is 1. The van der Waals surface area contributed by atoms with Crippen LogP contribution in [-0.4, -0.2) is 26.2 Å². The summed E-state index contributed by atoms with van der Waals surface area (Å²) in [5.74, 6) is 0.641. The molecule has 9 nitrogen and oxygen atoms in total. The zero-order valence-corrected chi connectivity index (χ0v) is 18.6. The lowest BCUT2D eigenvalue weighted by Gasteiger charge is -2.13. The van der Waals surface area contributed by atoms with Crippen LogP contribution in [0.3, 0.4) is 0 Å². The van der Waals surface area contributed by atoms with Crippen molar-refractivity contribution < 1.29 is 18.1 Å². The van der Waals surface area contributed by atoms with Gasteiger partial charge in [-0.25, -0.2) is 8.42 Å². The van der Waals surface area contributed by atoms with Gasteiger partial charge in [0.1, 0.15) is 10.6 Å². The Morgan fingerprint density at radius 3 is 2.47 bits per heavy atom. The van der Waals surface area contributed by atoms with Crippen molar-refractivity contribution in [3.8, 4) is 5.75 Å². The Hall–Kier alpha value is -3.63. The van der Waals surface area contributed by atoms with Gasteiger partial charge in [-0.15, -0.1) is 0 Å². The van der Waals surface area contributed by atoms with Gasteiger partial charge in [0.05, 0.1) is 23.4 Å². The number of nitro benzene ring substituents is 1. The third-order valence-corrected chi connectivity index (χ3v) is 6.07. The van der Waals surface area contributed by atoms with E-state index in [1.54, 1.807) is 32.2 Å². The van der Waals surface area contributed by atoms with Gasteiger partial charge < -0.3 is 4.74 Å². The van der Waals surface area contributed by atoms with E-state index in [0.717, 1.165) is 11.6 Å². The number of methoxy groups -OCH3 is 1. The minimum Gasteiger partial charge on any atom is -0.497 e. The number of non-ortho nitro benzene ring substituents is 1. The first kappa shape index (κ1) is 23.0. The first-order valence-electron chi connectivity index (χ1n) is 9.21. The minimum absolute atomic E-state index is 0.0688. The number of nitro groups is 1. The van der Waals surface area contributed by atoms with E-state index in [1.807, 2.05) is 6.07 Å². The van der Waals surface area contributed by atoms with Crippen molar-refractivity contribution in [2.45, 2.75) is 11.8 Å². The maximum absolute atomic E-state index is 13.0. The first-order valence-corrected chi connectivity index (χ1v) is 11.1. The van der Waals surface area contributed by atoms with Gasteiger partial charge in [-0.05, 0) is 49.4 Å². The second-order valence-corrected chi connectivity index (χ2v) is 8.68. The Balaban J connectivity index is 1.97. The van der Waals surface area contributed by atoms with Gasteiger partial charge in [0.15, 0.2) is 0 Å². The summed E-state index contributed by atoms with van der Waals surface area (Å²) in [6.07, 6.45) is 0. The van der Waals surface area contributed by atoms with Crippen LogP contribution in [0.1, 0.15) is 12.5 Å². The topological polar surface area (TPSA) is 123 Å². The summed E-state index contributed by atoms with van der Waals surface area (Å²) in [4.78, 5) is 10.2. The van der Waals surface area contributed by atoms with E-state index in [2.05, 4.69) is 15.2 Å². The highest BCUT2D eigenvalue weighted by Gasteiger charge is 2.23. The number of anilines is 2. The van der Waals surface area contributed by atoms with Crippen molar-refractivity contribution in [2.75, 3.05) is 17.3 Å². The summed E-state index contributed by atoms with van der Waals surface area (Å²) in [6.45, 7) is 1.73. The minimum atomic E-state index is -4.19. The molecule has 0 heterocycles. The summed E-state index contributed by atoms with van der Waals surface area (Å²) in [5.41, 5.74) is 3.95. The number of rotatable bonds is 8. The molecule has 0 bridgehead atoms. The zero-order valence-electron chi connectivity index (χ0n) is 17.1. The zero-order chi connectivity index (χ0) is 23.3. The first-order chi connectivity index (χ1) is 15.2. The maximum Gasteiger partial charge on any atom is 0.270 e. The molecule has 2 N–H and O–H groups in total. The Kier molecular flexibility index (Phi) is 6.96. The highest BCUT2D eigenvalue weighted by molar-refractivity contribution is 7.92. The lowest BCUT2D eigenvalue weighted by atomic mass is 10.1. The average Bonchev–Trinajstić information content (AvgIpc) is 2.78. The smallest absolute Gasteiger partial charge is 0.270 e. The van der Waals surface area contributed by atoms with Gasteiger partial charge in [-0.3, -0.25) is 20.3 Å². The van der Waals surface area contributed by atoms with Crippen LogP contribution in [0.5, 0.6) is 5.75 Å². The molecule has 3 rings (SSSR count). The highest BCUT2D eigenvalue weighted by atomic mass is 35.5. The second-order valence-electron chi connectivity index (χ2n) is 6.59. The average molecular weight is 475 g/mol. The molecule has 0 aromatic heterocycles. The van der Waals surface area contributed by atoms with Crippen molar-refractivity contribution in [1.29, 1.82) is 0 Å². The molecule has 166 valence electrons. The number of halogens is 1. The number of hydrogen-bond acceptors (Lipinski definition) is 7. The molecule has 0 aliphatic carbocycles. The second kappa shape index (κ2) is 9.67. The molecule has 0 amide bonds. The third kappa shape index (κ3) is 5.54. The quantitative estimate of drug-likeness (QED) is 0.272. The van der Waals surface area contributed by atoms with E-state index < -0.39 is 14.9 Å². The van der Waals surface area contributed by atoms with E-state index >= 15 is 0 Å². The standard InChI is InChI=1S/C21H19ClN4O5S/c1-14(15-4-3-5-19(12-15)31-2)23-24-20-11-10-18(26(27)28)13-21(20)32(29,30)25-17-8-6-16(22)7-9-17/h3-13,24-25H,1-2H3/b23-14-. The molecule has 0 radical (unpaired) electrons. The molecule has 0 spiro atoms. The van der Waals surface area contributed by atoms with Crippen LogP contribution in [0.15, 0.2) is 76.7 Å². The summed E-state index contributed by atoms with van der Waals surface area (Å²) >= 11 is 5.84. The fourth-order valence-corrected chi connectivity index (χ4v) is 4.09. The summed E-state index contributed by atoms with van der Waals surface area (Å²) < 4.78 is 33.6. The summed E-state index contributed by atoms with van der Waals surface area (Å²) in [7, 11) is -2.64. The van der Waals surface area contributed by atoms with Crippen LogP contribution < -0.4 is 14.9 Å². The largest absolute Gasteiger partial charge is 0.497 e. The fourth-order valence-electron chi connectivity index (χ4n) is 2.72. The van der Waals surface area contributed by atoms with Crippen molar-refractivity contribution in [3.63, 3.8) is 0 Å². The molecule has 0 fully saturated rings. The summed E-state index contributed by atoms with van der Waals surface area (Å²) in [5, 5.41) is 15.9. The number of hydrogen-bond donors (Lipinski definition) is 2. The Labute approximate surface area is 189 Å². The van der Waals surface area contributed by atoms with Gasteiger partial charge in [0.25, 0.3) is 15.7 Å². The van der Waals surface area contributed by atoms with Crippen molar-refractivity contribution in [2.24, 2.45) is 5.10 Å². The van der Waals surface area contributed by atoms with Crippen LogP contribution in [0.2, 0.25) is 5.02 Å². The summed E-state index contributed by atoms with van der Waals surface area (Å²) in [6, 6.07) is 16.6. The van der Waals surface area contributed by atoms with E-state index in [-0.39, 0.29) is 22.0 Å². The molecule has 3 aromatic rings. The molecular weight excluding hydrogens is 456 g/mol. The van der Waals surface area contributed by atoms with Gasteiger partial charge in [-0.2, -0.15) is 5.10 Å². The Morgan fingerprint density at radius 2 is 1.81 bits per heavy atom. The monoisotopic (exact) mass is 474 g/mol. The number of hydrazone groups is 1. The third-order valence-electron chi connectivity index (χ3n) is 4.39.